The first kappa shape index (κ1) is 22.9. The van der Waals surface area contributed by atoms with Crippen molar-refractivity contribution in [2.45, 2.75) is 40.2 Å². The monoisotopic (exact) mass is 418 g/mol. The second-order valence-corrected chi connectivity index (χ2v) is 9.27. The highest BCUT2D eigenvalue weighted by Crippen LogP contribution is 2.28. The highest BCUT2D eigenvalue weighted by Gasteiger charge is 2.21. The molecule has 0 atom stereocenters. The molecule has 0 aliphatic heterocycles. The largest absolute Gasteiger partial charge is 0.380 e. The van der Waals surface area contributed by atoms with Crippen LogP contribution in [-0.4, -0.2) is 34.2 Å². The lowest BCUT2D eigenvalue weighted by atomic mass is 10.0. The number of aryl methyl sites for hydroxylation is 3. The Bertz CT molecular complexity index is 948. The summed E-state index contributed by atoms with van der Waals surface area (Å²) in [7, 11) is -1.84. The first-order chi connectivity index (χ1) is 13.6. The Kier molecular flexibility index (Phi) is 7.81. The molecule has 0 aliphatic rings. The zero-order valence-electron chi connectivity index (χ0n) is 17.8. The molecular weight excluding hydrogens is 388 g/mol. The Balaban J connectivity index is 2.04. The minimum absolute atomic E-state index is 0.148. The molecule has 0 saturated heterocycles. The molecule has 29 heavy (non-hydrogen) atoms. The van der Waals surface area contributed by atoms with E-state index in [1.807, 2.05) is 57.2 Å². The van der Waals surface area contributed by atoms with Gasteiger partial charge in [-0.15, -0.1) is 0 Å². The van der Waals surface area contributed by atoms with Crippen molar-refractivity contribution in [3.63, 3.8) is 0 Å². The molecule has 0 unspecified atom stereocenters. The quantitative estimate of drug-likeness (QED) is 0.669. The summed E-state index contributed by atoms with van der Waals surface area (Å²) in [6.45, 7) is 6.53. The Hall–Kier alpha value is -2.38. The van der Waals surface area contributed by atoms with Crippen molar-refractivity contribution in [3.05, 3.63) is 58.7 Å². The van der Waals surface area contributed by atoms with Gasteiger partial charge >= 0.3 is 0 Å². The zero-order valence-corrected chi connectivity index (χ0v) is 18.6. The molecule has 0 saturated carbocycles. The van der Waals surface area contributed by atoms with E-state index in [9.17, 15) is 13.2 Å². The fourth-order valence-electron chi connectivity index (χ4n) is 3.52. The molecule has 2 rings (SSSR count). The number of carbonyl (C=O) groups excluding carboxylic acids is 1. The number of hydrogen-bond acceptors (Lipinski definition) is 4. The molecule has 0 aromatic heterocycles. The number of carbonyl (C=O) groups is 1. The van der Waals surface area contributed by atoms with Gasteiger partial charge in [0.15, 0.2) is 0 Å². The number of nitrogens with one attached hydrogen (secondary N) is 1. The van der Waals surface area contributed by atoms with Crippen LogP contribution >= 0.6 is 0 Å². The van der Waals surface area contributed by atoms with E-state index in [-0.39, 0.29) is 18.9 Å². The summed E-state index contributed by atoms with van der Waals surface area (Å²) >= 11 is 0. The first-order valence-electron chi connectivity index (χ1n) is 9.55. The molecule has 6 nitrogen and oxygen atoms in total. The number of amides is 1. The third-order valence-electron chi connectivity index (χ3n) is 4.57. The summed E-state index contributed by atoms with van der Waals surface area (Å²) < 4.78 is 31.3. The number of rotatable bonds is 9. The molecule has 7 heteroatoms. The Morgan fingerprint density at radius 2 is 1.76 bits per heavy atom. The number of nitrogens with zero attached hydrogens (tertiary/aromatic N) is 1. The summed E-state index contributed by atoms with van der Waals surface area (Å²) in [5.74, 6) is -0.148. The summed E-state index contributed by atoms with van der Waals surface area (Å²) in [5.41, 5.74) is 5.28. The van der Waals surface area contributed by atoms with Crippen LogP contribution in [0.15, 0.2) is 36.4 Å². The highest BCUT2D eigenvalue weighted by molar-refractivity contribution is 7.92. The summed E-state index contributed by atoms with van der Waals surface area (Å²) in [6, 6.07) is 11.4. The van der Waals surface area contributed by atoms with E-state index in [0.29, 0.717) is 24.4 Å². The van der Waals surface area contributed by atoms with Gasteiger partial charge in [0.1, 0.15) is 0 Å². The number of sulfonamides is 1. The van der Waals surface area contributed by atoms with Crippen LogP contribution < -0.4 is 9.62 Å². The standard InChI is InChI=1S/C22H30N2O4S/c1-16-12-17(2)22(18(3)13-16)24(29(5,26)27)11-7-10-21(25)23-20-9-6-8-19(14-20)15-28-4/h6,8-9,12-14H,7,10-11,15H2,1-5H3,(H,23,25). The van der Waals surface area contributed by atoms with E-state index in [1.165, 1.54) is 10.6 Å². The molecule has 1 amide bonds. The molecule has 2 aromatic rings. The Labute approximate surface area is 173 Å². The summed E-state index contributed by atoms with van der Waals surface area (Å²) in [4.78, 5) is 12.3. The second-order valence-electron chi connectivity index (χ2n) is 7.37. The van der Waals surface area contributed by atoms with Gasteiger partial charge in [0, 0.05) is 25.8 Å². The zero-order chi connectivity index (χ0) is 21.6. The number of benzene rings is 2. The van der Waals surface area contributed by atoms with Gasteiger partial charge in [0.05, 0.1) is 18.6 Å². The highest BCUT2D eigenvalue weighted by atomic mass is 32.2. The average molecular weight is 419 g/mol. The smallest absolute Gasteiger partial charge is 0.232 e. The molecule has 0 heterocycles. The number of hydrogen-bond donors (Lipinski definition) is 1. The van der Waals surface area contributed by atoms with Crippen LogP contribution in [0.5, 0.6) is 0 Å². The van der Waals surface area contributed by atoms with Gasteiger partial charge in [-0.3, -0.25) is 9.10 Å². The van der Waals surface area contributed by atoms with Gasteiger partial charge in [-0.1, -0.05) is 29.8 Å². The molecule has 0 fully saturated rings. The average Bonchev–Trinajstić information content (AvgIpc) is 2.59. The molecule has 0 aliphatic carbocycles. The molecule has 0 spiro atoms. The van der Waals surface area contributed by atoms with E-state index in [1.54, 1.807) is 7.11 Å². The van der Waals surface area contributed by atoms with Gasteiger partial charge in [0.25, 0.3) is 0 Å². The van der Waals surface area contributed by atoms with Crippen LogP contribution in [0.25, 0.3) is 0 Å². The van der Waals surface area contributed by atoms with E-state index >= 15 is 0 Å². The lowest BCUT2D eigenvalue weighted by Crippen LogP contribution is -2.32. The van der Waals surface area contributed by atoms with Crippen LogP contribution in [0.2, 0.25) is 0 Å². The number of anilines is 2. The van der Waals surface area contributed by atoms with E-state index in [4.69, 9.17) is 4.74 Å². The molecule has 158 valence electrons. The van der Waals surface area contributed by atoms with Crippen LogP contribution in [-0.2, 0) is 26.2 Å². The fourth-order valence-corrected chi connectivity index (χ4v) is 4.60. The van der Waals surface area contributed by atoms with Crippen LogP contribution in [0.1, 0.15) is 35.1 Å². The SMILES string of the molecule is COCc1cccc(NC(=O)CCCN(c2c(C)cc(C)cc2C)S(C)(=O)=O)c1. The lowest BCUT2D eigenvalue weighted by molar-refractivity contribution is -0.116. The normalized spacial score (nSPS) is 11.3. The van der Waals surface area contributed by atoms with Crippen molar-refractivity contribution >= 4 is 27.3 Å². The molecule has 1 N–H and O–H groups in total. The van der Waals surface area contributed by atoms with Gasteiger partial charge in [0.2, 0.25) is 15.9 Å². The molecule has 0 radical (unpaired) electrons. The van der Waals surface area contributed by atoms with Crippen LogP contribution in [0.3, 0.4) is 0 Å². The maximum absolute atomic E-state index is 12.4. The second kappa shape index (κ2) is 9.89. The summed E-state index contributed by atoms with van der Waals surface area (Å²) in [6.07, 6.45) is 1.85. The maximum Gasteiger partial charge on any atom is 0.232 e. The van der Waals surface area contributed by atoms with Gasteiger partial charge < -0.3 is 10.1 Å². The maximum atomic E-state index is 12.4. The van der Waals surface area contributed by atoms with Gasteiger partial charge in [-0.2, -0.15) is 0 Å². The topological polar surface area (TPSA) is 75.7 Å². The number of ether oxygens (including phenoxy) is 1. The predicted octanol–water partition coefficient (Wildman–Crippen LogP) is 3.94. The van der Waals surface area contributed by atoms with Crippen molar-refractivity contribution in [2.24, 2.45) is 0 Å². The third kappa shape index (κ3) is 6.58. The lowest BCUT2D eigenvalue weighted by Gasteiger charge is -2.26. The Morgan fingerprint density at radius 1 is 1.10 bits per heavy atom. The van der Waals surface area contributed by atoms with Crippen molar-refractivity contribution < 1.29 is 17.9 Å². The minimum atomic E-state index is -3.46. The van der Waals surface area contributed by atoms with Crippen molar-refractivity contribution in [2.75, 3.05) is 29.5 Å². The van der Waals surface area contributed by atoms with E-state index < -0.39 is 10.0 Å². The van der Waals surface area contributed by atoms with E-state index in [2.05, 4.69) is 5.32 Å². The number of methoxy groups -OCH3 is 1. The first-order valence-corrected chi connectivity index (χ1v) is 11.4. The van der Waals surface area contributed by atoms with Crippen molar-refractivity contribution in [3.8, 4) is 0 Å². The molecular formula is C22H30N2O4S. The fraction of sp³-hybridized carbons (Fsp3) is 0.409. The van der Waals surface area contributed by atoms with Crippen LogP contribution in [0, 0.1) is 20.8 Å². The van der Waals surface area contributed by atoms with Crippen molar-refractivity contribution in [1.82, 2.24) is 0 Å². The summed E-state index contributed by atoms with van der Waals surface area (Å²) in [5, 5.41) is 2.86. The van der Waals surface area contributed by atoms with Crippen LogP contribution in [0.4, 0.5) is 11.4 Å². The third-order valence-corrected chi connectivity index (χ3v) is 5.74. The van der Waals surface area contributed by atoms with Gasteiger partial charge in [-0.25, -0.2) is 8.42 Å². The molecule has 2 aromatic carbocycles. The predicted molar refractivity (Wildman–Crippen MR) is 118 cm³/mol. The van der Waals surface area contributed by atoms with Gasteiger partial charge in [-0.05, 0) is 56.0 Å². The van der Waals surface area contributed by atoms with Crippen molar-refractivity contribution in [1.29, 1.82) is 0 Å². The minimum Gasteiger partial charge on any atom is -0.380 e. The van der Waals surface area contributed by atoms with E-state index in [0.717, 1.165) is 22.3 Å². The Morgan fingerprint density at radius 3 is 2.34 bits per heavy atom. The molecule has 0 bridgehead atoms.